The molecule has 2 N–H and O–H groups in total. The highest BCUT2D eigenvalue weighted by Crippen LogP contribution is 2.71. The zero-order chi connectivity index (χ0) is 20.6. The highest BCUT2D eigenvalue weighted by Gasteiger charge is 2.73. The smallest absolute Gasteiger partial charge is 0.309 e. The molecule has 0 heterocycles. The van der Waals surface area contributed by atoms with E-state index in [1.165, 1.54) is 7.11 Å². The molecule has 1 spiro atoms. The summed E-state index contributed by atoms with van der Waals surface area (Å²) in [5.41, 5.74) is -1.62. The highest BCUT2D eigenvalue weighted by molar-refractivity contribution is 5.95. The van der Waals surface area contributed by atoms with E-state index in [2.05, 4.69) is 20.4 Å². The van der Waals surface area contributed by atoms with Gasteiger partial charge in [0, 0.05) is 11.8 Å². The van der Waals surface area contributed by atoms with E-state index in [0.29, 0.717) is 17.9 Å². The van der Waals surface area contributed by atoms with Crippen molar-refractivity contribution in [3.05, 3.63) is 36.0 Å². The number of ether oxygens (including phenoxy) is 1. The zero-order valence-corrected chi connectivity index (χ0v) is 17.1. The molecule has 0 amide bonds. The first-order valence-corrected chi connectivity index (χ1v) is 10.1. The lowest BCUT2D eigenvalue weighted by molar-refractivity contribution is -0.164. The Morgan fingerprint density at radius 2 is 2.11 bits per heavy atom. The van der Waals surface area contributed by atoms with Crippen LogP contribution in [-0.4, -0.2) is 40.8 Å². The number of carbonyl (C=O) groups is 2. The number of hydrogen-bond donors (Lipinski definition) is 2. The van der Waals surface area contributed by atoms with Crippen LogP contribution in [0.5, 0.6) is 0 Å². The molecule has 4 aliphatic carbocycles. The topological polar surface area (TPSA) is 83.8 Å². The fourth-order valence-corrected chi connectivity index (χ4v) is 6.74. The predicted molar refractivity (Wildman–Crippen MR) is 104 cm³/mol. The standard InChI is InChI=1S/C23H30O5/c1-6-15-12(2)11-22-8-7-16-18(21(16,3)4)14(20(22)26)9-13(10-17(24)28-5)19(25)23(15,22)27/h6,9,11,14-16,18-19,25,27H,1,7-8,10H2,2-5H3/t14-,15+,16-,18+,19-,22-,23-/m1/s1. The second-order valence-electron chi connectivity index (χ2n) is 9.68. The van der Waals surface area contributed by atoms with Crippen molar-refractivity contribution in [3.8, 4) is 0 Å². The molecule has 4 rings (SSSR count). The van der Waals surface area contributed by atoms with Crippen molar-refractivity contribution in [2.45, 2.75) is 51.7 Å². The van der Waals surface area contributed by atoms with Crippen molar-refractivity contribution < 1.29 is 24.5 Å². The van der Waals surface area contributed by atoms with Gasteiger partial charge in [-0.1, -0.05) is 37.6 Å². The fourth-order valence-electron chi connectivity index (χ4n) is 6.74. The van der Waals surface area contributed by atoms with E-state index < -0.39 is 34.9 Å². The first kappa shape index (κ1) is 19.6. The summed E-state index contributed by atoms with van der Waals surface area (Å²) >= 11 is 0. The summed E-state index contributed by atoms with van der Waals surface area (Å²) in [7, 11) is 1.30. The van der Waals surface area contributed by atoms with E-state index in [4.69, 9.17) is 4.74 Å². The maximum atomic E-state index is 13.9. The Kier molecular flexibility index (Phi) is 4.12. The number of esters is 1. The zero-order valence-electron chi connectivity index (χ0n) is 17.1. The number of hydrogen-bond acceptors (Lipinski definition) is 5. The summed E-state index contributed by atoms with van der Waals surface area (Å²) < 4.78 is 4.81. The lowest BCUT2D eigenvalue weighted by atomic mass is 9.61. The lowest BCUT2D eigenvalue weighted by Crippen LogP contribution is -2.60. The first-order chi connectivity index (χ1) is 13.1. The number of ketones is 1. The van der Waals surface area contributed by atoms with Gasteiger partial charge in [-0.2, -0.15) is 0 Å². The molecule has 0 aliphatic heterocycles. The van der Waals surface area contributed by atoms with Gasteiger partial charge >= 0.3 is 5.97 Å². The van der Waals surface area contributed by atoms with Gasteiger partial charge in [0.2, 0.25) is 0 Å². The molecule has 0 radical (unpaired) electrons. The van der Waals surface area contributed by atoms with E-state index in [1.807, 2.05) is 13.0 Å². The summed E-state index contributed by atoms with van der Waals surface area (Å²) in [5.74, 6) is -0.928. The number of rotatable bonds is 3. The second-order valence-corrected chi connectivity index (χ2v) is 9.68. The SMILES string of the molecule is C=C[C@H]1C(C)=C[C@@]23CC[C@@H]4[C@H]([C@@H](C=C(CC(=O)OC)[C@@H](O)[C@]12O)C3=O)C4(C)C. The minimum Gasteiger partial charge on any atom is -0.469 e. The van der Waals surface area contributed by atoms with Crippen LogP contribution >= 0.6 is 0 Å². The van der Waals surface area contributed by atoms with E-state index in [1.54, 1.807) is 12.2 Å². The molecular formula is C23H30O5. The Bertz CT molecular complexity index is 821. The normalized spacial score (nSPS) is 45.6. The Morgan fingerprint density at radius 3 is 2.71 bits per heavy atom. The molecule has 7 atom stereocenters. The maximum Gasteiger partial charge on any atom is 0.309 e. The maximum absolute atomic E-state index is 13.9. The van der Waals surface area contributed by atoms with E-state index in [-0.39, 0.29) is 23.5 Å². The second kappa shape index (κ2) is 5.90. The summed E-state index contributed by atoms with van der Waals surface area (Å²) in [6.07, 6.45) is 5.12. The molecule has 5 heteroatoms. The Labute approximate surface area is 166 Å². The molecule has 0 aromatic heterocycles. The van der Waals surface area contributed by atoms with Gasteiger partial charge in [0.05, 0.1) is 18.9 Å². The number of fused-ring (bicyclic) bond motifs is 3. The molecule has 5 nitrogen and oxygen atoms in total. The van der Waals surface area contributed by atoms with Crippen LogP contribution in [-0.2, 0) is 14.3 Å². The molecule has 0 aromatic carbocycles. The van der Waals surface area contributed by atoms with Gasteiger partial charge in [0.25, 0.3) is 0 Å². The average Bonchev–Trinajstić information content (AvgIpc) is 3.15. The van der Waals surface area contributed by atoms with Gasteiger partial charge in [-0.3, -0.25) is 9.59 Å². The third-order valence-corrected chi connectivity index (χ3v) is 8.25. The summed E-state index contributed by atoms with van der Waals surface area (Å²) in [6.45, 7) is 10.1. The van der Waals surface area contributed by atoms with Gasteiger partial charge in [-0.15, -0.1) is 6.58 Å². The number of allylic oxidation sites excluding steroid dienone is 1. The molecule has 152 valence electrons. The van der Waals surface area contributed by atoms with Crippen LogP contribution in [0.1, 0.15) is 40.0 Å². The molecule has 2 bridgehead atoms. The number of methoxy groups -OCH3 is 1. The van der Waals surface area contributed by atoms with Crippen LogP contribution in [0, 0.1) is 34.5 Å². The number of aliphatic hydroxyl groups excluding tert-OH is 1. The largest absolute Gasteiger partial charge is 0.469 e. The number of Topliss-reactive ketones (excluding diaryl/α,β-unsaturated/α-hetero) is 1. The lowest BCUT2D eigenvalue weighted by Gasteiger charge is -2.46. The monoisotopic (exact) mass is 386 g/mol. The van der Waals surface area contributed by atoms with E-state index in [0.717, 1.165) is 12.0 Å². The van der Waals surface area contributed by atoms with Crippen molar-refractivity contribution in [3.63, 3.8) is 0 Å². The van der Waals surface area contributed by atoms with Crippen LogP contribution < -0.4 is 0 Å². The van der Waals surface area contributed by atoms with Gasteiger partial charge < -0.3 is 14.9 Å². The van der Waals surface area contributed by atoms with E-state index in [9.17, 15) is 19.8 Å². The van der Waals surface area contributed by atoms with Crippen LogP contribution in [0.4, 0.5) is 0 Å². The molecular weight excluding hydrogens is 356 g/mol. The van der Waals surface area contributed by atoms with Crippen LogP contribution in [0.15, 0.2) is 36.0 Å². The highest BCUT2D eigenvalue weighted by atomic mass is 16.5. The predicted octanol–water partition coefficient (Wildman–Crippen LogP) is 2.58. The third kappa shape index (κ3) is 2.15. The summed E-state index contributed by atoms with van der Waals surface area (Å²) in [6, 6.07) is 0. The van der Waals surface area contributed by atoms with Crippen molar-refractivity contribution in [1.82, 2.24) is 0 Å². The Hall–Kier alpha value is -1.72. The van der Waals surface area contributed by atoms with Crippen LogP contribution in [0.25, 0.3) is 0 Å². The van der Waals surface area contributed by atoms with Crippen LogP contribution in [0.2, 0.25) is 0 Å². The fraction of sp³-hybridized carbons (Fsp3) is 0.652. The molecule has 4 aliphatic rings. The van der Waals surface area contributed by atoms with Crippen molar-refractivity contribution >= 4 is 11.8 Å². The molecule has 28 heavy (non-hydrogen) atoms. The summed E-state index contributed by atoms with van der Waals surface area (Å²) in [5, 5.41) is 23.4. The molecule has 0 unspecified atom stereocenters. The van der Waals surface area contributed by atoms with Crippen molar-refractivity contribution in [1.29, 1.82) is 0 Å². The number of aliphatic hydroxyl groups is 2. The van der Waals surface area contributed by atoms with Crippen molar-refractivity contribution in [2.75, 3.05) is 7.11 Å². The molecule has 0 aromatic rings. The number of carbonyl (C=O) groups excluding carboxylic acids is 2. The van der Waals surface area contributed by atoms with Crippen LogP contribution in [0.3, 0.4) is 0 Å². The van der Waals surface area contributed by atoms with Gasteiger partial charge in [-0.05, 0) is 42.6 Å². The molecule has 0 saturated heterocycles. The minimum absolute atomic E-state index is 0.0318. The van der Waals surface area contributed by atoms with Gasteiger partial charge in [0.15, 0.2) is 5.78 Å². The Morgan fingerprint density at radius 1 is 1.43 bits per heavy atom. The quantitative estimate of drug-likeness (QED) is 0.575. The Balaban J connectivity index is 1.92. The molecule has 2 saturated carbocycles. The third-order valence-electron chi connectivity index (χ3n) is 8.25. The van der Waals surface area contributed by atoms with Gasteiger partial charge in [-0.25, -0.2) is 0 Å². The van der Waals surface area contributed by atoms with Gasteiger partial charge in [0.1, 0.15) is 11.7 Å². The minimum atomic E-state index is -1.73. The van der Waals surface area contributed by atoms with E-state index >= 15 is 0 Å². The molecule has 2 fully saturated rings. The first-order valence-electron chi connectivity index (χ1n) is 10.1. The van der Waals surface area contributed by atoms with Crippen molar-refractivity contribution in [2.24, 2.45) is 34.5 Å². The summed E-state index contributed by atoms with van der Waals surface area (Å²) in [4.78, 5) is 26.0. The average molecular weight is 386 g/mol.